The monoisotopic (exact) mass is 206 g/mol. The Labute approximate surface area is 83.6 Å². The molecule has 13 heavy (non-hydrogen) atoms. The van der Waals surface area contributed by atoms with Crippen LogP contribution < -0.4 is 0 Å². The molecule has 0 aromatic rings. The normalized spacial score (nSPS) is 36.4. The molecule has 0 unspecified atom stereocenters. The molecule has 3 heteroatoms. The molecule has 1 fully saturated rings. The second-order valence-electron chi connectivity index (χ2n) is 4.62. The predicted octanol–water partition coefficient (Wildman–Crippen LogP) is 3.10. The summed E-state index contributed by atoms with van der Waals surface area (Å²) in [7, 11) is 0. The Balaban J connectivity index is 2.67. The van der Waals surface area contributed by atoms with E-state index < -0.39 is 10.5 Å². The number of alkyl halides is 2. The minimum Gasteiger partial charge on any atom is -0.296 e. The molecule has 0 saturated heterocycles. The number of halogens is 2. The van der Waals surface area contributed by atoms with Crippen molar-refractivity contribution in [3.8, 4) is 0 Å². The van der Waals surface area contributed by atoms with E-state index in [0.717, 1.165) is 0 Å². The molecule has 2 atom stereocenters. The maximum absolute atomic E-state index is 13.4. The summed E-state index contributed by atoms with van der Waals surface area (Å²) in [5, 5.41) is 0. The fourth-order valence-electron chi connectivity index (χ4n) is 1.71. The molecule has 0 heterocycles. The van der Waals surface area contributed by atoms with Crippen LogP contribution in [-0.4, -0.2) is 16.3 Å². The summed E-state index contributed by atoms with van der Waals surface area (Å²) in [5.41, 5.74) is -1.61. The van der Waals surface area contributed by atoms with Gasteiger partial charge in [0, 0.05) is 11.3 Å². The van der Waals surface area contributed by atoms with E-state index in [-0.39, 0.29) is 18.1 Å². The van der Waals surface area contributed by atoms with E-state index in [1.807, 2.05) is 13.8 Å². The summed E-state index contributed by atoms with van der Waals surface area (Å²) in [6.45, 7) is 5.13. The average molecular weight is 207 g/mol. The van der Waals surface area contributed by atoms with Crippen molar-refractivity contribution in [2.45, 2.75) is 50.6 Å². The topological polar surface area (TPSA) is 17.1 Å². The van der Waals surface area contributed by atoms with E-state index in [1.54, 1.807) is 0 Å². The summed E-state index contributed by atoms with van der Waals surface area (Å²) in [6, 6.07) is 0. The Morgan fingerprint density at radius 1 is 1.62 bits per heavy atom. The molecule has 0 amide bonds. The van der Waals surface area contributed by atoms with Crippen molar-refractivity contribution < 1.29 is 9.18 Å². The van der Waals surface area contributed by atoms with Crippen molar-refractivity contribution >= 4 is 17.4 Å². The average Bonchev–Trinajstić information content (AvgIpc) is 1.92. The Morgan fingerprint density at radius 3 is 2.54 bits per heavy atom. The van der Waals surface area contributed by atoms with Crippen LogP contribution in [0.4, 0.5) is 4.39 Å². The minimum absolute atomic E-state index is 0.116. The summed E-state index contributed by atoms with van der Waals surface area (Å²) in [5.74, 6) is -0.178. The van der Waals surface area contributed by atoms with Gasteiger partial charge >= 0.3 is 0 Å². The van der Waals surface area contributed by atoms with Gasteiger partial charge in [-0.1, -0.05) is 0 Å². The van der Waals surface area contributed by atoms with Gasteiger partial charge in [-0.2, -0.15) is 0 Å². The first-order chi connectivity index (χ1) is 5.73. The largest absolute Gasteiger partial charge is 0.296 e. The second kappa shape index (κ2) is 3.23. The van der Waals surface area contributed by atoms with Crippen molar-refractivity contribution in [2.75, 3.05) is 0 Å². The lowest BCUT2D eigenvalue weighted by Gasteiger charge is -2.35. The first-order valence-corrected chi connectivity index (χ1v) is 5.02. The van der Waals surface area contributed by atoms with Gasteiger partial charge in [-0.3, -0.25) is 4.79 Å². The van der Waals surface area contributed by atoms with Crippen LogP contribution >= 0.6 is 11.6 Å². The Kier molecular flexibility index (Phi) is 2.73. The molecular weight excluding hydrogens is 191 g/mol. The third-order valence-corrected chi connectivity index (χ3v) is 3.25. The summed E-state index contributed by atoms with van der Waals surface area (Å²) >= 11 is 6.10. The number of rotatable bonds is 1. The third kappa shape index (κ3) is 2.43. The Bertz CT molecular complexity index is 217. The van der Waals surface area contributed by atoms with Crippen LogP contribution in [0.3, 0.4) is 0 Å². The van der Waals surface area contributed by atoms with Gasteiger partial charge in [0.05, 0.1) is 0 Å². The molecule has 1 saturated carbocycles. The summed E-state index contributed by atoms with van der Waals surface area (Å²) in [4.78, 5) is 10.9. The predicted molar refractivity (Wildman–Crippen MR) is 51.8 cm³/mol. The van der Waals surface area contributed by atoms with Crippen molar-refractivity contribution in [3.05, 3.63) is 0 Å². The molecule has 1 aliphatic rings. The first-order valence-electron chi connectivity index (χ1n) is 4.64. The molecule has 1 rings (SSSR count). The lowest BCUT2D eigenvalue weighted by atomic mass is 9.75. The fourth-order valence-corrected chi connectivity index (χ4v) is 1.90. The number of hydrogen-bond donors (Lipinski definition) is 0. The third-order valence-electron chi connectivity index (χ3n) is 2.95. The van der Waals surface area contributed by atoms with Crippen molar-refractivity contribution in [2.24, 2.45) is 5.92 Å². The highest BCUT2D eigenvalue weighted by Crippen LogP contribution is 2.39. The number of hydrogen-bond acceptors (Lipinski definition) is 1. The first kappa shape index (κ1) is 11.0. The number of ketones is 1. The number of Topliss-reactive ketones (excluding diaryl/α,β-unsaturated/α-hetero) is 1. The zero-order valence-electron chi connectivity index (χ0n) is 8.36. The number of carbonyl (C=O) groups is 1. The van der Waals surface area contributed by atoms with Crippen molar-refractivity contribution in [1.29, 1.82) is 0 Å². The van der Waals surface area contributed by atoms with Crippen LogP contribution in [-0.2, 0) is 4.79 Å². The maximum Gasteiger partial charge on any atom is 0.170 e. The lowest BCUT2D eigenvalue weighted by Crippen LogP contribution is -2.41. The summed E-state index contributed by atoms with van der Waals surface area (Å²) in [6.07, 6.45) is 1.30. The van der Waals surface area contributed by atoms with Gasteiger partial charge in [0.1, 0.15) is 0 Å². The molecule has 1 nitrogen and oxygen atoms in total. The zero-order valence-corrected chi connectivity index (χ0v) is 9.12. The molecule has 0 aromatic heterocycles. The van der Waals surface area contributed by atoms with Crippen molar-refractivity contribution in [1.82, 2.24) is 0 Å². The Hall–Kier alpha value is -0.110. The van der Waals surface area contributed by atoms with Crippen LogP contribution in [0, 0.1) is 5.92 Å². The van der Waals surface area contributed by atoms with Crippen LogP contribution in [0.15, 0.2) is 0 Å². The molecule has 1 aliphatic carbocycles. The lowest BCUT2D eigenvalue weighted by molar-refractivity contribution is -0.134. The maximum atomic E-state index is 13.4. The van der Waals surface area contributed by atoms with E-state index in [2.05, 4.69) is 0 Å². The van der Waals surface area contributed by atoms with Gasteiger partial charge < -0.3 is 0 Å². The zero-order chi connectivity index (χ0) is 10.3. The smallest absolute Gasteiger partial charge is 0.170 e. The fraction of sp³-hybridized carbons (Fsp3) is 0.900. The molecule has 0 radical (unpaired) electrons. The van der Waals surface area contributed by atoms with Crippen molar-refractivity contribution in [3.63, 3.8) is 0 Å². The molecular formula is C10H16ClFO. The van der Waals surface area contributed by atoms with E-state index in [1.165, 1.54) is 6.92 Å². The van der Waals surface area contributed by atoms with Gasteiger partial charge in [0.2, 0.25) is 0 Å². The molecule has 76 valence electrons. The SMILES string of the molecule is CC(C)(Cl)[C@@H]1CC[C@@](C)(F)C(=O)C1. The molecule has 0 N–H and O–H groups in total. The van der Waals surface area contributed by atoms with E-state index in [4.69, 9.17) is 11.6 Å². The van der Waals surface area contributed by atoms with Crippen LogP contribution in [0.5, 0.6) is 0 Å². The van der Waals surface area contributed by atoms with Crippen LogP contribution in [0.1, 0.15) is 40.0 Å². The molecule has 0 bridgehead atoms. The number of carbonyl (C=O) groups excluding carboxylic acids is 1. The van der Waals surface area contributed by atoms with Crippen LogP contribution in [0.2, 0.25) is 0 Å². The molecule has 0 aromatic carbocycles. The summed E-state index contributed by atoms with van der Waals surface area (Å²) < 4.78 is 13.4. The van der Waals surface area contributed by atoms with Gasteiger partial charge in [-0.05, 0) is 39.5 Å². The standard InChI is InChI=1S/C10H16ClFO/c1-9(2,11)7-4-5-10(3,12)8(13)6-7/h7H,4-6H2,1-3H3/t7-,10-/m1/s1. The molecule has 0 spiro atoms. The highest BCUT2D eigenvalue weighted by Gasteiger charge is 2.42. The highest BCUT2D eigenvalue weighted by molar-refractivity contribution is 6.23. The van der Waals surface area contributed by atoms with Gasteiger partial charge in [-0.15, -0.1) is 11.6 Å². The quantitative estimate of drug-likeness (QED) is 0.603. The van der Waals surface area contributed by atoms with Gasteiger partial charge in [-0.25, -0.2) is 4.39 Å². The van der Waals surface area contributed by atoms with E-state index in [0.29, 0.717) is 12.8 Å². The highest BCUT2D eigenvalue weighted by atomic mass is 35.5. The van der Waals surface area contributed by atoms with E-state index >= 15 is 0 Å². The minimum atomic E-state index is -1.61. The molecule has 0 aliphatic heterocycles. The van der Waals surface area contributed by atoms with Gasteiger partial charge in [0.25, 0.3) is 0 Å². The van der Waals surface area contributed by atoms with E-state index in [9.17, 15) is 9.18 Å². The van der Waals surface area contributed by atoms with Gasteiger partial charge in [0.15, 0.2) is 11.5 Å². The Morgan fingerprint density at radius 2 is 2.15 bits per heavy atom. The second-order valence-corrected chi connectivity index (χ2v) is 5.60. The van der Waals surface area contributed by atoms with Crippen LogP contribution in [0.25, 0.3) is 0 Å².